The Kier molecular flexibility index (Phi) is 3.81. The van der Waals surface area contributed by atoms with Gasteiger partial charge in [0.25, 0.3) is 0 Å². The number of amides is 2. The Balaban J connectivity index is 1.29. The summed E-state index contributed by atoms with van der Waals surface area (Å²) < 4.78 is 0. The van der Waals surface area contributed by atoms with Gasteiger partial charge in [-0.05, 0) is 62.3 Å². The van der Waals surface area contributed by atoms with Crippen molar-refractivity contribution in [3.05, 3.63) is 40.6 Å². The first-order chi connectivity index (χ1) is 13.1. The van der Waals surface area contributed by atoms with Crippen LogP contribution in [0.4, 0.5) is 11.5 Å². The molecule has 2 aliphatic carbocycles. The van der Waals surface area contributed by atoms with Crippen molar-refractivity contribution in [2.75, 3.05) is 16.8 Å². The van der Waals surface area contributed by atoms with Gasteiger partial charge in [-0.15, -0.1) is 0 Å². The second kappa shape index (κ2) is 6.22. The topological polar surface area (TPSA) is 78.1 Å². The van der Waals surface area contributed by atoms with E-state index < -0.39 is 0 Å². The number of anilines is 2. The molecule has 6 nitrogen and oxygen atoms in total. The number of nitrogens with one attached hydrogen (secondary N) is 2. The van der Waals surface area contributed by atoms with Crippen LogP contribution in [0, 0.1) is 12.8 Å². The number of aromatic amines is 1. The van der Waals surface area contributed by atoms with Crippen LogP contribution in [-0.2, 0) is 22.4 Å². The molecule has 2 fully saturated rings. The van der Waals surface area contributed by atoms with E-state index in [2.05, 4.69) is 27.6 Å². The predicted molar refractivity (Wildman–Crippen MR) is 103 cm³/mol. The van der Waals surface area contributed by atoms with E-state index in [-0.39, 0.29) is 24.2 Å². The second-order valence-electron chi connectivity index (χ2n) is 8.09. The average Bonchev–Trinajstić information content (AvgIpc) is 3.09. The number of aryl methyl sites for hydroxylation is 2. The largest absolute Gasteiger partial charge is 0.312 e. The Morgan fingerprint density at radius 3 is 2.89 bits per heavy atom. The number of aromatic nitrogens is 2. The molecule has 5 rings (SSSR count). The van der Waals surface area contributed by atoms with E-state index in [4.69, 9.17) is 0 Å². The maximum atomic E-state index is 12.7. The van der Waals surface area contributed by atoms with E-state index in [1.165, 1.54) is 30.4 Å². The van der Waals surface area contributed by atoms with Gasteiger partial charge in [0.2, 0.25) is 11.8 Å². The van der Waals surface area contributed by atoms with E-state index in [0.29, 0.717) is 18.3 Å². The minimum Gasteiger partial charge on any atom is -0.312 e. The maximum absolute atomic E-state index is 12.7. The number of nitrogens with zero attached hydrogens (tertiary/aromatic N) is 2. The van der Waals surface area contributed by atoms with Crippen molar-refractivity contribution in [1.82, 2.24) is 10.2 Å². The van der Waals surface area contributed by atoms with Gasteiger partial charge in [0.1, 0.15) is 0 Å². The highest BCUT2D eigenvalue weighted by molar-refractivity contribution is 6.03. The van der Waals surface area contributed by atoms with E-state index in [9.17, 15) is 9.59 Å². The molecule has 1 aromatic heterocycles. The summed E-state index contributed by atoms with van der Waals surface area (Å²) in [5.74, 6) is 0.720. The first-order valence-electron chi connectivity index (χ1n) is 9.88. The lowest BCUT2D eigenvalue weighted by molar-refractivity contribution is -0.122. The van der Waals surface area contributed by atoms with Crippen LogP contribution in [0.15, 0.2) is 18.2 Å². The Morgan fingerprint density at radius 2 is 2.07 bits per heavy atom. The van der Waals surface area contributed by atoms with Gasteiger partial charge in [0.15, 0.2) is 5.82 Å². The fourth-order valence-electron chi connectivity index (χ4n) is 4.38. The summed E-state index contributed by atoms with van der Waals surface area (Å²) in [7, 11) is 0. The molecular weight excluding hydrogens is 340 g/mol. The monoisotopic (exact) mass is 364 g/mol. The van der Waals surface area contributed by atoms with Gasteiger partial charge in [-0.2, -0.15) is 5.10 Å². The molecule has 1 aromatic carbocycles. The van der Waals surface area contributed by atoms with Crippen molar-refractivity contribution in [3.8, 4) is 0 Å². The molecular formula is C21H24N4O2. The lowest BCUT2D eigenvalue weighted by atomic mass is 10.1. The number of benzene rings is 1. The number of carbonyl (C=O) groups is 2. The zero-order valence-corrected chi connectivity index (χ0v) is 15.5. The van der Waals surface area contributed by atoms with Crippen molar-refractivity contribution in [2.24, 2.45) is 5.92 Å². The summed E-state index contributed by atoms with van der Waals surface area (Å²) in [4.78, 5) is 27.0. The Bertz CT molecular complexity index is 928. The third-order valence-electron chi connectivity index (χ3n) is 6.16. The SMILES string of the molecule is Cc1c(NC(=O)[C@H]2CC(=O)N(c3ccc4c(c3)CCC4)C2)n[nH]c1C1CC1. The van der Waals surface area contributed by atoms with Crippen molar-refractivity contribution < 1.29 is 9.59 Å². The minimum absolute atomic E-state index is 0.0190. The van der Waals surface area contributed by atoms with Crippen molar-refractivity contribution in [2.45, 2.75) is 51.4 Å². The van der Waals surface area contributed by atoms with Crippen LogP contribution in [0.1, 0.15) is 54.0 Å². The highest BCUT2D eigenvalue weighted by atomic mass is 16.2. The molecule has 2 aromatic rings. The molecule has 1 saturated heterocycles. The van der Waals surface area contributed by atoms with Gasteiger partial charge >= 0.3 is 0 Å². The molecule has 0 unspecified atom stereocenters. The molecule has 3 aliphatic rings. The van der Waals surface area contributed by atoms with Gasteiger partial charge in [-0.25, -0.2) is 0 Å². The van der Waals surface area contributed by atoms with E-state index in [0.717, 1.165) is 29.8 Å². The molecule has 0 bridgehead atoms. The first-order valence-corrected chi connectivity index (χ1v) is 9.88. The fourth-order valence-corrected chi connectivity index (χ4v) is 4.38. The minimum atomic E-state index is -0.341. The molecule has 6 heteroatoms. The van der Waals surface area contributed by atoms with Gasteiger partial charge in [-0.1, -0.05) is 6.07 Å². The van der Waals surface area contributed by atoms with E-state index >= 15 is 0 Å². The standard InChI is InChI=1S/C21H24N4O2/c1-12-19(14-5-6-14)23-24-20(12)22-21(27)16-10-18(26)25(11-16)17-8-7-13-3-2-4-15(13)9-17/h7-9,14,16H,2-6,10-11H2,1H3,(H2,22,23,24,27)/t16-/m0/s1. The smallest absolute Gasteiger partial charge is 0.231 e. The fraction of sp³-hybridized carbons (Fsp3) is 0.476. The summed E-state index contributed by atoms with van der Waals surface area (Å²) in [6.45, 7) is 2.42. The normalized spacial score (nSPS) is 21.6. The maximum Gasteiger partial charge on any atom is 0.231 e. The molecule has 0 spiro atoms. The lowest BCUT2D eigenvalue weighted by Gasteiger charge is -2.18. The van der Waals surface area contributed by atoms with Crippen LogP contribution < -0.4 is 10.2 Å². The molecule has 0 radical (unpaired) electrons. The van der Waals surface area contributed by atoms with Crippen LogP contribution in [0.3, 0.4) is 0 Å². The average molecular weight is 364 g/mol. The molecule has 2 amide bonds. The Labute approximate surface area is 158 Å². The number of hydrogen-bond acceptors (Lipinski definition) is 3. The third-order valence-corrected chi connectivity index (χ3v) is 6.16. The highest BCUT2D eigenvalue weighted by Crippen LogP contribution is 2.41. The van der Waals surface area contributed by atoms with Gasteiger partial charge in [-0.3, -0.25) is 14.7 Å². The van der Waals surface area contributed by atoms with E-state index in [1.807, 2.05) is 13.0 Å². The molecule has 1 aliphatic heterocycles. The first kappa shape index (κ1) is 16.5. The van der Waals surface area contributed by atoms with Crippen LogP contribution in [0.2, 0.25) is 0 Å². The summed E-state index contributed by atoms with van der Waals surface area (Å²) in [5, 5.41) is 10.3. The number of H-pyrrole nitrogens is 1. The summed E-state index contributed by atoms with van der Waals surface area (Å²) in [6, 6.07) is 6.27. The number of fused-ring (bicyclic) bond motifs is 1. The zero-order valence-electron chi connectivity index (χ0n) is 15.5. The van der Waals surface area contributed by atoms with Crippen molar-refractivity contribution >= 4 is 23.3 Å². The predicted octanol–water partition coefficient (Wildman–Crippen LogP) is 3.08. The zero-order chi connectivity index (χ0) is 18.5. The third kappa shape index (κ3) is 2.93. The molecule has 1 atom stereocenters. The quantitative estimate of drug-likeness (QED) is 0.875. The number of hydrogen-bond donors (Lipinski definition) is 2. The Hall–Kier alpha value is -2.63. The van der Waals surface area contributed by atoms with E-state index in [1.54, 1.807) is 4.90 Å². The second-order valence-corrected chi connectivity index (χ2v) is 8.09. The van der Waals surface area contributed by atoms with Crippen LogP contribution in [0.5, 0.6) is 0 Å². The van der Waals surface area contributed by atoms with Gasteiger partial charge in [0.05, 0.1) is 5.92 Å². The van der Waals surface area contributed by atoms with Crippen LogP contribution in [0.25, 0.3) is 0 Å². The van der Waals surface area contributed by atoms with Gasteiger partial charge < -0.3 is 10.2 Å². The summed E-state index contributed by atoms with van der Waals surface area (Å²) in [5.41, 5.74) is 5.80. The number of carbonyl (C=O) groups excluding carboxylic acids is 2. The van der Waals surface area contributed by atoms with Crippen molar-refractivity contribution in [1.29, 1.82) is 0 Å². The summed E-state index contributed by atoms with van der Waals surface area (Å²) in [6.07, 6.45) is 6.01. The number of rotatable bonds is 4. The molecule has 1 saturated carbocycles. The molecule has 140 valence electrons. The van der Waals surface area contributed by atoms with Crippen LogP contribution >= 0.6 is 0 Å². The van der Waals surface area contributed by atoms with Crippen LogP contribution in [-0.4, -0.2) is 28.6 Å². The lowest BCUT2D eigenvalue weighted by Crippen LogP contribution is -2.28. The molecule has 2 N–H and O–H groups in total. The van der Waals surface area contributed by atoms with Gasteiger partial charge in [0, 0.05) is 35.8 Å². The van der Waals surface area contributed by atoms with Crippen molar-refractivity contribution in [3.63, 3.8) is 0 Å². The highest BCUT2D eigenvalue weighted by Gasteiger charge is 2.36. The summed E-state index contributed by atoms with van der Waals surface area (Å²) >= 11 is 0. The molecule has 27 heavy (non-hydrogen) atoms. The Morgan fingerprint density at radius 1 is 1.26 bits per heavy atom. The molecule has 2 heterocycles.